The van der Waals surface area contributed by atoms with Gasteiger partial charge in [0.1, 0.15) is 11.2 Å². The van der Waals surface area contributed by atoms with Gasteiger partial charge in [-0.25, -0.2) is 0 Å². The zero-order chi connectivity index (χ0) is 31.5. The molecule has 0 saturated heterocycles. The van der Waals surface area contributed by atoms with Gasteiger partial charge in [0.2, 0.25) is 0 Å². The molecule has 0 atom stereocenters. The second kappa shape index (κ2) is 10.4. The van der Waals surface area contributed by atoms with Gasteiger partial charge in [0, 0.05) is 16.3 Å². The van der Waals surface area contributed by atoms with Crippen molar-refractivity contribution >= 4 is 43.5 Å². The molecule has 0 aliphatic heterocycles. The third-order valence-electron chi connectivity index (χ3n) is 8.89. The number of para-hydroxylation sites is 1. The molecule has 8 aromatic carbocycles. The van der Waals surface area contributed by atoms with Gasteiger partial charge in [-0.2, -0.15) is 0 Å². The molecule has 0 spiro atoms. The van der Waals surface area contributed by atoms with Crippen molar-refractivity contribution in [1.82, 2.24) is 0 Å². The molecule has 0 unspecified atom stereocenters. The molecule has 0 bridgehead atoms. The highest BCUT2D eigenvalue weighted by Gasteiger charge is 2.21. The zero-order valence-electron chi connectivity index (χ0n) is 26.4. The summed E-state index contributed by atoms with van der Waals surface area (Å²) in [5.74, 6) is 0. The van der Waals surface area contributed by atoms with Gasteiger partial charge in [0.05, 0.1) is 2.74 Å². The van der Waals surface area contributed by atoms with E-state index in [0.29, 0.717) is 12.1 Å². The first-order valence-corrected chi connectivity index (χ1v) is 15.3. The Balaban J connectivity index is 1.37. The van der Waals surface area contributed by atoms with E-state index >= 15 is 0 Å². The lowest BCUT2D eigenvalue weighted by atomic mass is 9.85. The predicted octanol–water partition coefficient (Wildman–Crippen LogP) is 12.6. The molecule has 0 aliphatic carbocycles. The topological polar surface area (TPSA) is 13.1 Å². The lowest BCUT2D eigenvalue weighted by molar-refractivity contribution is 0.670. The van der Waals surface area contributed by atoms with E-state index in [1.165, 1.54) is 5.56 Å². The summed E-state index contributed by atoms with van der Waals surface area (Å²) in [6, 6.07) is 54.6. The van der Waals surface area contributed by atoms with E-state index in [0.717, 1.165) is 82.4 Å². The predicted molar refractivity (Wildman–Crippen MR) is 190 cm³/mol. The Hall–Kier alpha value is -5.92. The minimum Gasteiger partial charge on any atom is -0.455 e. The summed E-state index contributed by atoms with van der Waals surface area (Å²) in [5.41, 5.74) is 10.1. The lowest BCUT2D eigenvalue weighted by Crippen LogP contribution is -1.91. The number of hydrogen-bond donors (Lipinski definition) is 0. The van der Waals surface area contributed by atoms with Crippen molar-refractivity contribution in [3.05, 3.63) is 170 Å². The highest BCUT2D eigenvalue weighted by molar-refractivity contribution is 6.26. The van der Waals surface area contributed by atoms with Crippen LogP contribution in [0.4, 0.5) is 0 Å². The van der Waals surface area contributed by atoms with Gasteiger partial charge in [-0.1, -0.05) is 158 Å². The first kappa shape index (κ1) is 23.5. The largest absolute Gasteiger partial charge is 0.455 e. The molecule has 45 heavy (non-hydrogen) atoms. The molecule has 0 aliphatic rings. The van der Waals surface area contributed by atoms with E-state index in [9.17, 15) is 1.37 Å². The zero-order valence-corrected chi connectivity index (χ0v) is 24.4. The molecule has 0 N–H and O–H groups in total. The van der Waals surface area contributed by atoms with Gasteiger partial charge >= 0.3 is 0 Å². The Labute approximate surface area is 264 Å². The second-order valence-corrected chi connectivity index (χ2v) is 11.4. The molecule has 0 radical (unpaired) electrons. The van der Waals surface area contributed by atoms with E-state index < -0.39 is 0 Å². The minimum absolute atomic E-state index is 0.400. The van der Waals surface area contributed by atoms with Crippen molar-refractivity contribution in [1.29, 1.82) is 0 Å². The highest BCUT2D eigenvalue weighted by atomic mass is 16.3. The summed E-state index contributed by atoms with van der Waals surface area (Å²) in [5, 5.41) is 5.72. The first-order valence-electron chi connectivity index (χ1n) is 16.3. The van der Waals surface area contributed by atoms with Crippen LogP contribution in [0, 0.1) is 0 Å². The van der Waals surface area contributed by atoms with Crippen LogP contribution in [0.5, 0.6) is 0 Å². The normalized spacial score (nSPS) is 12.2. The number of fused-ring (bicyclic) bond motifs is 5. The number of benzene rings is 8. The van der Waals surface area contributed by atoms with E-state index in [4.69, 9.17) is 5.79 Å². The van der Waals surface area contributed by atoms with Crippen LogP contribution in [0.15, 0.2) is 174 Å². The standard InChI is InChI=1S/C44H28O/c1-3-14-29(15-4-1)31-18-11-19-32(28-31)33-24-12-26-39-43-38(25-13-27-40(43)45-44(33)39)42-36-22-9-7-20-34(36)41(30-16-5-2-6-17-30)35-21-8-10-23-37(35)42/h1-28H/i20D,22D. The summed E-state index contributed by atoms with van der Waals surface area (Å²) in [6.07, 6.45) is 0. The van der Waals surface area contributed by atoms with Crippen LogP contribution in [0.25, 0.3) is 88.0 Å². The lowest BCUT2D eigenvalue weighted by Gasteiger charge is -2.18. The molecule has 9 rings (SSSR count). The Kier molecular flexibility index (Phi) is 5.42. The van der Waals surface area contributed by atoms with E-state index in [1.54, 1.807) is 12.1 Å². The summed E-state index contributed by atoms with van der Waals surface area (Å²) >= 11 is 0. The van der Waals surface area contributed by atoms with Gasteiger partial charge in [0.25, 0.3) is 0 Å². The van der Waals surface area contributed by atoms with Crippen LogP contribution < -0.4 is 0 Å². The molecule has 1 aromatic heterocycles. The Morgan fingerprint density at radius 2 is 0.933 bits per heavy atom. The van der Waals surface area contributed by atoms with Crippen molar-refractivity contribution in [2.45, 2.75) is 0 Å². The summed E-state index contributed by atoms with van der Waals surface area (Å²) < 4.78 is 25.1. The van der Waals surface area contributed by atoms with Crippen LogP contribution >= 0.6 is 0 Å². The highest BCUT2D eigenvalue weighted by Crippen LogP contribution is 2.47. The quantitative estimate of drug-likeness (QED) is 0.191. The van der Waals surface area contributed by atoms with E-state index in [1.807, 2.05) is 36.4 Å². The maximum absolute atomic E-state index is 9.25. The van der Waals surface area contributed by atoms with Crippen molar-refractivity contribution in [2.24, 2.45) is 0 Å². The van der Waals surface area contributed by atoms with Gasteiger partial charge in [-0.15, -0.1) is 0 Å². The third kappa shape index (κ3) is 4.09. The summed E-state index contributed by atoms with van der Waals surface area (Å²) in [4.78, 5) is 0. The first-order chi connectivity index (χ1) is 23.2. The molecule has 1 heteroatoms. The Morgan fingerprint density at radius 3 is 1.71 bits per heavy atom. The molecular formula is C44H28O. The smallest absolute Gasteiger partial charge is 0.143 e. The van der Waals surface area contributed by atoms with Gasteiger partial charge in [-0.05, 0) is 72.6 Å². The Bertz CT molecular complexity index is 2640. The van der Waals surface area contributed by atoms with E-state index in [-0.39, 0.29) is 0 Å². The fourth-order valence-corrected chi connectivity index (χ4v) is 6.94. The number of furan rings is 1. The maximum Gasteiger partial charge on any atom is 0.143 e. The molecule has 1 heterocycles. The average molecular weight is 575 g/mol. The average Bonchev–Trinajstić information content (AvgIpc) is 3.52. The van der Waals surface area contributed by atoms with Crippen LogP contribution in [0.2, 0.25) is 0 Å². The molecule has 210 valence electrons. The van der Waals surface area contributed by atoms with Crippen molar-refractivity contribution < 1.29 is 7.16 Å². The second-order valence-electron chi connectivity index (χ2n) is 11.4. The van der Waals surface area contributed by atoms with Gasteiger partial charge in [-0.3, -0.25) is 0 Å². The van der Waals surface area contributed by atoms with Crippen LogP contribution in [-0.4, -0.2) is 0 Å². The van der Waals surface area contributed by atoms with Crippen LogP contribution in [-0.2, 0) is 0 Å². The SMILES string of the molecule is [2H]c1ccc([2H])c2c(-c3cccc4oc5c(-c6cccc(-c7ccccc7)c6)cccc5c34)c3ccccc3c(-c3ccccc3)c12. The fourth-order valence-electron chi connectivity index (χ4n) is 6.94. The monoisotopic (exact) mass is 574 g/mol. The summed E-state index contributed by atoms with van der Waals surface area (Å²) in [6.45, 7) is 0. The molecule has 0 fully saturated rings. The number of hydrogen-bond acceptors (Lipinski definition) is 1. The summed E-state index contributed by atoms with van der Waals surface area (Å²) in [7, 11) is 0. The molecule has 9 aromatic rings. The number of rotatable bonds is 4. The Morgan fingerprint density at radius 1 is 0.378 bits per heavy atom. The van der Waals surface area contributed by atoms with Gasteiger partial charge < -0.3 is 4.42 Å². The van der Waals surface area contributed by atoms with Crippen LogP contribution in [0.3, 0.4) is 0 Å². The maximum atomic E-state index is 9.25. The minimum atomic E-state index is 0.400. The van der Waals surface area contributed by atoms with E-state index in [2.05, 4.69) is 109 Å². The third-order valence-corrected chi connectivity index (χ3v) is 8.89. The molecule has 1 nitrogen and oxygen atoms in total. The van der Waals surface area contributed by atoms with Crippen LogP contribution in [0.1, 0.15) is 2.74 Å². The van der Waals surface area contributed by atoms with Crippen molar-refractivity contribution in [2.75, 3.05) is 0 Å². The molecule has 0 amide bonds. The fraction of sp³-hybridized carbons (Fsp3) is 0. The van der Waals surface area contributed by atoms with Crippen molar-refractivity contribution in [3.8, 4) is 44.5 Å². The van der Waals surface area contributed by atoms with Crippen molar-refractivity contribution in [3.63, 3.8) is 0 Å². The molecule has 0 saturated carbocycles. The molecular weight excluding hydrogens is 544 g/mol. The van der Waals surface area contributed by atoms with Gasteiger partial charge in [0.15, 0.2) is 0 Å².